The Hall–Kier alpha value is -1.73. The minimum Gasteiger partial charge on any atom is -0.377 e. The summed E-state index contributed by atoms with van der Waals surface area (Å²) in [5.41, 5.74) is 2.07. The Morgan fingerprint density at radius 1 is 1.23 bits per heavy atom. The summed E-state index contributed by atoms with van der Waals surface area (Å²) in [7, 11) is 0. The van der Waals surface area contributed by atoms with Gasteiger partial charge in [-0.05, 0) is 46.5 Å². The van der Waals surface area contributed by atoms with Gasteiger partial charge in [-0.25, -0.2) is 0 Å². The molecule has 144 valence electrons. The second-order valence-electron chi connectivity index (χ2n) is 7.54. The first-order chi connectivity index (χ1) is 12.4. The average Bonchev–Trinajstić information content (AvgIpc) is 3.17. The molecule has 7 heteroatoms. The third kappa shape index (κ3) is 4.51. The highest BCUT2D eigenvalue weighted by Gasteiger charge is 2.25. The van der Waals surface area contributed by atoms with Crippen molar-refractivity contribution >= 4 is 11.7 Å². The Morgan fingerprint density at radius 2 is 1.96 bits per heavy atom. The van der Waals surface area contributed by atoms with Crippen LogP contribution in [-0.4, -0.2) is 64.8 Å². The first-order valence-corrected chi connectivity index (χ1v) is 9.62. The van der Waals surface area contributed by atoms with Crippen LogP contribution in [0.15, 0.2) is 0 Å². The van der Waals surface area contributed by atoms with Crippen LogP contribution in [0.4, 0.5) is 0 Å². The van der Waals surface area contributed by atoms with Crippen LogP contribution in [0.5, 0.6) is 0 Å². The van der Waals surface area contributed by atoms with Crippen molar-refractivity contribution in [1.82, 2.24) is 20.0 Å². The number of ether oxygens (including phenoxy) is 1. The lowest BCUT2D eigenvalue weighted by molar-refractivity contribution is -0.122. The van der Waals surface area contributed by atoms with Gasteiger partial charge in [-0.3, -0.25) is 14.3 Å². The van der Waals surface area contributed by atoms with Crippen molar-refractivity contribution in [2.45, 2.75) is 65.1 Å². The van der Waals surface area contributed by atoms with E-state index in [2.05, 4.69) is 15.3 Å². The van der Waals surface area contributed by atoms with Crippen molar-refractivity contribution in [1.29, 1.82) is 0 Å². The Labute approximate surface area is 155 Å². The van der Waals surface area contributed by atoms with Gasteiger partial charge >= 0.3 is 0 Å². The van der Waals surface area contributed by atoms with Crippen molar-refractivity contribution in [2.75, 3.05) is 26.2 Å². The maximum atomic E-state index is 12.4. The minimum absolute atomic E-state index is 0.00901. The van der Waals surface area contributed by atoms with E-state index in [1.165, 1.54) is 19.8 Å². The van der Waals surface area contributed by atoms with Crippen molar-refractivity contribution in [3.63, 3.8) is 0 Å². The van der Waals surface area contributed by atoms with Gasteiger partial charge in [0.2, 0.25) is 5.91 Å². The van der Waals surface area contributed by atoms with Gasteiger partial charge in [0.1, 0.15) is 6.54 Å². The second-order valence-corrected chi connectivity index (χ2v) is 7.54. The molecule has 0 spiro atoms. The van der Waals surface area contributed by atoms with E-state index in [1.807, 2.05) is 13.8 Å². The molecule has 0 radical (unpaired) electrons. The number of aromatic nitrogens is 2. The number of aryl methyl sites for hydroxylation is 1. The number of carbonyl (C=O) groups excluding carboxylic acids is 2. The maximum absolute atomic E-state index is 12.4. The van der Waals surface area contributed by atoms with E-state index in [1.54, 1.807) is 4.68 Å². The first kappa shape index (κ1) is 19.0. The Bertz CT molecular complexity index is 656. The fourth-order valence-electron chi connectivity index (χ4n) is 4.11. The number of hydrogen-bond acceptors (Lipinski definition) is 5. The number of rotatable bonds is 6. The van der Waals surface area contributed by atoms with Gasteiger partial charge in [-0.15, -0.1) is 0 Å². The predicted molar refractivity (Wildman–Crippen MR) is 98.3 cm³/mol. The quantitative estimate of drug-likeness (QED) is 0.776. The molecule has 2 fully saturated rings. The van der Waals surface area contributed by atoms with E-state index >= 15 is 0 Å². The van der Waals surface area contributed by atoms with Crippen molar-refractivity contribution in [3.8, 4) is 0 Å². The summed E-state index contributed by atoms with van der Waals surface area (Å²) in [5, 5.41) is 7.47. The van der Waals surface area contributed by atoms with Crippen LogP contribution in [0.25, 0.3) is 0 Å². The van der Waals surface area contributed by atoms with Crippen LogP contribution in [-0.2, 0) is 16.1 Å². The Morgan fingerprint density at radius 3 is 2.54 bits per heavy atom. The summed E-state index contributed by atoms with van der Waals surface area (Å²) in [5.74, 6) is -0.0476. The zero-order valence-electron chi connectivity index (χ0n) is 16.1. The van der Waals surface area contributed by atoms with Crippen LogP contribution in [0.1, 0.15) is 54.4 Å². The van der Waals surface area contributed by atoms with Crippen molar-refractivity contribution < 1.29 is 14.3 Å². The van der Waals surface area contributed by atoms with Gasteiger partial charge in [0.15, 0.2) is 5.78 Å². The largest absolute Gasteiger partial charge is 0.377 e. The van der Waals surface area contributed by atoms with Gasteiger partial charge in [-0.2, -0.15) is 5.10 Å². The molecule has 26 heavy (non-hydrogen) atoms. The van der Waals surface area contributed by atoms with Crippen LogP contribution in [0, 0.1) is 13.8 Å². The van der Waals surface area contributed by atoms with Crippen LogP contribution in [0.2, 0.25) is 0 Å². The molecule has 3 heterocycles. The topological polar surface area (TPSA) is 76.5 Å². The molecule has 2 aliphatic rings. The van der Waals surface area contributed by atoms with E-state index in [9.17, 15) is 9.59 Å². The molecular weight excluding hydrogens is 332 g/mol. The summed E-state index contributed by atoms with van der Waals surface area (Å²) in [6.45, 7) is 9.25. The smallest absolute Gasteiger partial charge is 0.241 e. The van der Waals surface area contributed by atoms with E-state index in [0.717, 1.165) is 44.8 Å². The van der Waals surface area contributed by atoms with Crippen molar-refractivity contribution in [2.24, 2.45) is 0 Å². The van der Waals surface area contributed by atoms with E-state index in [-0.39, 0.29) is 24.3 Å². The molecule has 0 aromatic carbocycles. The number of carbonyl (C=O) groups is 2. The molecule has 7 nitrogen and oxygen atoms in total. The van der Waals surface area contributed by atoms with Gasteiger partial charge in [0.05, 0.1) is 17.4 Å². The monoisotopic (exact) mass is 362 g/mol. The fourth-order valence-corrected chi connectivity index (χ4v) is 4.11. The standard InChI is InChI=1S/C19H30N4O3/c1-13-19(15(3)24)14(2)23(21-13)12-18(25)20-16-6-8-22(9-7-16)11-17-5-4-10-26-17/h16-17H,4-12H2,1-3H3,(H,20,25)/t17-/m1/s1. The highest BCUT2D eigenvalue weighted by molar-refractivity contribution is 5.96. The molecule has 3 rings (SSSR count). The second kappa shape index (κ2) is 8.31. The molecule has 1 aromatic rings. The molecule has 1 N–H and O–H groups in total. The Balaban J connectivity index is 1.46. The zero-order chi connectivity index (χ0) is 18.7. The van der Waals surface area contributed by atoms with Crippen LogP contribution >= 0.6 is 0 Å². The fraction of sp³-hybridized carbons (Fsp3) is 0.737. The average molecular weight is 362 g/mol. The summed E-state index contributed by atoms with van der Waals surface area (Å²) in [6.07, 6.45) is 4.67. The predicted octanol–water partition coefficient (Wildman–Crippen LogP) is 1.46. The van der Waals surface area contributed by atoms with Crippen molar-refractivity contribution in [3.05, 3.63) is 17.0 Å². The van der Waals surface area contributed by atoms with E-state index < -0.39 is 0 Å². The van der Waals surface area contributed by atoms with Gasteiger partial charge in [0.25, 0.3) is 0 Å². The number of amides is 1. The highest BCUT2D eigenvalue weighted by Crippen LogP contribution is 2.17. The third-order valence-electron chi connectivity index (χ3n) is 5.47. The molecule has 0 unspecified atom stereocenters. The molecular formula is C19H30N4O3. The number of nitrogens with one attached hydrogen (secondary N) is 1. The Kier molecular flexibility index (Phi) is 6.09. The molecule has 1 atom stereocenters. The number of hydrogen-bond donors (Lipinski definition) is 1. The SMILES string of the molecule is CC(=O)c1c(C)nn(CC(=O)NC2CCN(C[C@H]3CCCO3)CC2)c1C. The molecule has 1 aromatic heterocycles. The number of nitrogens with zero attached hydrogens (tertiary/aromatic N) is 3. The summed E-state index contributed by atoms with van der Waals surface area (Å²) in [4.78, 5) is 26.5. The van der Waals surface area contributed by atoms with Gasteiger partial charge in [-0.1, -0.05) is 0 Å². The lowest BCUT2D eigenvalue weighted by Gasteiger charge is -2.33. The molecule has 0 bridgehead atoms. The zero-order valence-corrected chi connectivity index (χ0v) is 16.1. The van der Waals surface area contributed by atoms with Gasteiger partial charge in [0, 0.05) is 38.0 Å². The van der Waals surface area contributed by atoms with Crippen LogP contribution in [0.3, 0.4) is 0 Å². The lowest BCUT2D eigenvalue weighted by atomic mass is 10.0. The molecule has 2 aliphatic heterocycles. The molecule has 0 aliphatic carbocycles. The number of piperidine rings is 1. The minimum atomic E-state index is -0.0386. The first-order valence-electron chi connectivity index (χ1n) is 9.62. The summed E-state index contributed by atoms with van der Waals surface area (Å²) < 4.78 is 7.34. The highest BCUT2D eigenvalue weighted by atomic mass is 16.5. The van der Waals surface area contributed by atoms with E-state index in [4.69, 9.17) is 4.74 Å². The van der Waals surface area contributed by atoms with E-state index in [0.29, 0.717) is 17.4 Å². The normalized spacial score (nSPS) is 21.9. The van der Waals surface area contributed by atoms with Gasteiger partial charge < -0.3 is 15.0 Å². The third-order valence-corrected chi connectivity index (χ3v) is 5.47. The molecule has 2 saturated heterocycles. The molecule has 1 amide bonds. The summed E-state index contributed by atoms with van der Waals surface area (Å²) in [6, 6.07) is 0.215. The maximum Gasteiger partial charge on any atom is 0.241 e. The number of Topliss-reactive ketones (excluding diaryl/α,β-unsaturated/α-hetero) is 1. The molecule has 0 saturated carbocycles. The number of likely N-dealkylation sites (tertiary alicyclic amines) is 1. The number of ketones is 1. The lowest BCUT2D eigenvalue weighted by Crippen LogP contribution is -2.47. The van der Waals surface area contributed by atoms with Crippen LogP contribution < -0.4 is 5.32 Å². The summed E-state index contributed by atoms with van der Waals surface area (Å²) >= 11 is 0.